The number of amides is 1. The van der Waals surface area contributed by atoms with Gasteiger partial charge in [-0.25, -0.2) is 0 Å². The number of carbonyl (C=O) groups excluding carboxylic acids is 2. The van der Waals surface area contributed by atoms with Crippen molar-refractivity contribution in [1.29, 1.82) is 0 Å². The molecule has 0 aliphatic heterocycles. The third kappa shape index (κ3) is 6.92. The highest BCUT2D eigenvalue weighted by molar-refractivity contribution is 5.75. The van der Waals surface area contributed by atoms with Gasteiger partial charge in [0, 0.05) is 31.6 Å². The first kappa shape index (κ1) is 17.2. The van der Waals surface area contributed by atoms with Gasteiger partial charge in [0.15, 0.2) is 0 Å². The molecular weight excluding hydrogens is 270 g/mol. The molecule has 0 atom stereocenters. The van der Waals surface area contributed by atoms with Crippen LogP contribution in [0.25, 0.3) is 0 Å². The molecule has 1 rings (SSSR count). The number of ether oxygens (including phenoxy) is 1. The van der Waals surface area contributed by atoms with Crippen LogP contribution in [0.4, 0.5) is 0 Å². The molecule has 6 heteroatoms. The van der Waals surface area contributed by atoms with E-state index in [1.165, 1.54) is 7.11 Å². The van der Waals surface area contributed by atoms with E-state index in [1.54, 1.807) is 0 Å². The van der Waals surface area contributed by atoms with Crippen molar-refractivity contribution >= 4 is 11.9 Å². The van der Waals surface area contributed by atoms with Crippen molar-refractivity contribution in [1.82, 2.24) is 15.1 Å². The fourth-order valence-corrected chi connectivity index (χ4v) is 2.10. The minimum absolute atomic E-state index is 0.0375. The predicted molar refractivity (Wildman–Crippen MR) is 79.8 cm³/mol. The summed E-state index contributed by atoms with van der Waals surface area (Å²) in [5.41, 5.74) is 2.04. The van der Waals surface area contributed by atoms with Gasteiger partial charge in [0.1, 0.15) is 0 Å². The average Bonchev–Trinajstić information content (AvgIpc) is 2.78. The lowest BCUT2D eigenvalue weighted by atomic mass is 10.2. The second kappa shape index (κ2) is 9.15. The van der Waals surface area contributed by atoms with Crippen molar-refractivity contribution in [2.45, 2.75) is 52.5 Å². The second-order valence-corrected chi connectivity index (χ2v) is 5.14. The lowest BCUT2D eigenvalue weighted by Gasteiger charge is -2.06. The minimum Gasteiger partial charge on any atom is -0.469 e. The highest BCUT2D eigenvalue weighted by Crippen LogP contribution is 2.03. The molecule has 0 fully saturated rings. The Labute approximate surface area is 125 Å². The summed E-state index contributed by atoms with van der Waals surface area (Å²) in [5, 5.41) is 7.21. The van der Waals surface area contributed by atoms with Crippen LogP contribution in [-0.4, -0.2) is 35.3 Å². The Hall–Kier alpha value is -1.85. The van der Waals surface area contributed by atoms with Gasteiger partial charge in [0.25, 0.3) is 0 Å². The number of methoxy groups -OCH3 is 1. The number of aryl methyl sites for hydroxylation is 3. The van der Waals surface area contributed by atoms with Crippen LogP contribution < -0.4 is 5.32 Å². The van der Waals surface area contributed by atoms with Crippen LogP contribution in [0, 0.1) is 13.8 Å². The first-order valence-electron chi connectivity index (χ1n) is 7.37. The van der Waals surface area contributed by atoms with Gasteiger partial charge in [-0.2, -0.15) is 5.10 Å². The highest BCUT2D eigenvalue weighted by atomic mass is 16.5. The molecule has 0 saturated heterocycles. The maximum atomic E-state index is 11.7. The third-order valence-corrected chi connectivity index (χ3v) is 3.26. The van der Waals surface area contributed by atoms with Gasteiger partial charge in [-0.3, -0.25) is 14.3 Å². The lowest BCUT2D eigenvalue weighted by molar-refractivity contribution is -0.140. The number of hydrogen-bond acceptors (Lipinski definition) is 4. The molecule has 0 spiro atoms. The molecule has 0 bridgehead atoms. The summed E-state index contributed by atoms with van der Waals surface area (Å²) < 4.78 is 6.42. The zero-order valence-electron chi connectivity index (χ0n) is 13.1. The van der Waals surface area contributed by atoms with E-state index in [1.807, 2.05) is 24.6 Å². The minimum atomic E-state index is -0.177. The van der Waals surface area contributed by atoms with Gasteiger partial charge in [-0.05, 0) is 32.8 Å². The van der Waals surface area contributed by atoms with Gasteiger partial charge >= 0.3 is 5.97 Å². The van der Waals surface area contributed by atoms with Crippen LogP contribution in [0.2, 0.25) is 0 Å². The van der Waals surface area contributed by atoms with E-state index in [0.717, 1.165) is 30.7 Å². The molecule has 0 aromatic carbocycles. The van der Waals surface area contributed by atoms with Crippen LogP contribution in [0.15, 0.2) is 6.07 Å². The normalized spacial score (nSPS) is 10.4. The SMILES string of the molecule is COC(=O)CCCCCNC(=O)CCn1nc(C)cc1C. The Morgan fingerprint density at radius 3 is 2.62 bits per heavy atom. The maximum absolute atomic E-state index is 11.7. The van der Waals surface area contributed by atoms with Crippen molar-refractivity contribution in [3.05, 3.63) is 17.5 Å². The fourth-order valence-electron chi connectivity index (χ4n) is 2.10. The van der Waals surface area contributed by atoms with Crippen LogP contribution in [-0.2, 0) is 20.9 Å². The standard InChI is InChI=1S/C15H25N3O3/c1-12-11-13(2)18(17-12)10-8-14(19)16-9-6-4-5-7-15(20)21-3/h11H,4-10H2,1-3H3,(H,16,19). The Kier molecular flexibility index (Phi) is 7.50. The number of carbonyl (C=O) groups is 2. The number of nitrogens with one attached hydrogen (secondary N) is 1. The fraction of sp³-hybridized carbons (Fsp3) is 0.667. The molecule has 0 unspecified atom stereocenters. The van der Waals surface area contributed by atoms with Crippen LogP contribution in [0.3, 0.4) is 0 Å². The van der Waals surface area contributed by atoms with Gasteiger partial charge in [0.05, 0.1) is 12.8 Å². The number of rotatable bonds is 9. The van der Waals surface area contributed by atoms with Crippen LogP contribution in [0.5, 0.6) is 0 Å². The Bertz CT molecular complexity index is 469. The number of aromatic nitrogens is 2. The van der Waals surface area contributed by atoms with Gasteiger partial charge in [-0.1, -0.05) is 6.42 Å². The molecule has 1 N–H and O–H groups in total. The predicted octanol–water partition coefficient (Wildman–Crippen LogP) is 1.74. The number of hydrogen-bond donors (Lipinski definition) is 1. The Morgan fingerprint density at radius 1 is 1.24 bits per heavy atom. The monoisotopic (exact) mass is 295 g/mol. The quantitative estimate of drug-likeness (QED) is 0.556. The van der Waals surface area contributed by atoms with Crippen molar-refractivity contribution in [3.63, 3.8) is 0 Å². The maximum Gasteiger partial charge on any atom is 0.305 e. The molecule has 0 radical (unpaired) electrons. The molecule has 1 aromatic rings. The molecule has 118 valence electrons. The molecule has 21 heavy (non-hydrogen) atoms. The third-order valence-electron chi connectivity index (χ3n) is 3.26. The van der Waals surface area contributed by atoms with Gasteiger partial charge in [-0.15, -0.1) is 0 Å². The second-order valence-electron chi connectivity index (χ2n) is 5.14. The van der Waals surface area contributed by atoms with E-state index < -0.39 is 0 Å². The van der Waals surface area contributed by atoms with E-state index in [0.29, 0.717) is 25.9 Å². The summed E-state index contributed by atoms with van der Waals surface area (Å²) in [7, 11) is 1.39. The molecular formula is C15H25N3O3. The number of unbranched alkanes of at least 4 members (excludes halogenated alkanes) is 2. The van der Waals surface area contributed by atoms with E-state index in [9.17, 15) is 9.59 Å². The molecule has 1 aromatic heterocycles. The molecule has 0 aliphatic carbocycles. The Balaban J connectivity index is 2.06. The Morgan fingerprint density at radius 2 is 2.00 bits per heavy atom. The van der Waals surface area contributed by atoms with Crippen molar-refractivity contribution in [2.75, 3.05) is 13.7 Å². The summed E-state index contributed by atoms with van der Waals surface area (Å²) in [6.45, 7) is 5.18. The average molecular weight is 295 g/mol. The topological polar surface area (TPSA) is 73.2 Å². The molecule has 1 amide bonds. The summed E-state index contributed by atoms with van der Waals surface area (Å²) in [6.07, 6.45) is 3.47. The van der Waals surface area contributed by atoms with Crippen LogP contribution >= 0.6 is 0 Å². The van der Waals surface area contributed by atoms with Crippen LogP contribution in [0.1, 0.15) is 43.5 Å². The van der Waals surface area contributed by atoms with Crippen molar-refractivity contribution < 1.29 is 14.3 Å². The zero-order valence-corrected chi connectivity index (χ0v) is 13.1. The summed E-state index contributed by atoms with van der Waals surface area (Å²) in [4.78, 5) is 22.6. The first-order valence-corrected chi connectivity index (χ1v) is 7.37. The molecule has 6 nitrogen and oxygen atoms in total. The molecule has 0 aliphatic rings. The van der Waals surface area contributed by atoms with E-state index in [2.05, 4.69) is 15.2 Å². The number of nitrogens with zero attached hydrogens (tertiary/aromatic N) is 2. The number of esters is 1. The lowest BCUT2D eigenvalue weighted by Crippen LogP contribution is -2.25. The summed E-state index contributed by atoms with van der Waals surface area (Å²) in [5.74, 6) is -0.139. The van der Waals surface area contributed by atoms with Crippen molar-refractivity contribution in [2.24, 2.45) is 0 Å². The molecule has 0 saturated carbocycles. The van der Waals surface area contributed by atoms with E-state index >= 15 is 0 Å². The zero-order chi connectivity index (χ0) is 15.7. The summed E-state index contributed by atoms with van der Waals surface area (Å²) >= 11 is 0. The first-order chi connectivity index (χ1) is 10.0. The largest absolute Gasteiger partial charge is 0.469 e. The smallest absolute Gasteiger partial charge is 0.305 e. The van der Waals surface area contributed by atoms with Crippen molar-refractivity contribution in [3.8, 4) is 0 Å². The molecule has 1 heterocycles. The van der Waals surface area contributed by atoms with Gasteiger partial charge < -0.3 is 10.1 Å². The van der Waals surface area contributed by atoms with E-state index in [-0.39, 0.29) is 11.9 Å². The van der Waals surface area contributed by atoms with E-state index in [4.69, 9.17) is 0 Å². The summed E-state index contributed by atoms with van der Waals surface area (Å²) in [6, 6.07) is 2.00. The van der Waals surface area contributed by atoms with Gasteiger partial charge in [0.2, 0.25) is 5.91 Å². The highest BCUT2D eigenvalue weighted by Gasteiger charge is 2.05.